The second-order valence-corrected chi connectivity index (χ2v) is 6.82. The van der Waals surface area contributed by atoms with E-state index in [0.29, 0.717) is 23.2 Å². The molecule has 4 nitrogen and oxygen atoms in total. The smallest absolute Gasteiger partial charge is 0.352 e. The molecule has 0 bridgehead atoms. The molecule has 1 amide bonds. The van der Waals surface area contributed by atoms with Crippen LogP contribution in [0.1, 0.15) is 22.3 Å². The van der Waals surface area contributed by atoms with E-state index in [9.17, 15) is 18.0 Å². The van der Waals surface area contributed by atoms with Crippen LogP contribution in [0.2, 0.25) is 0 Å². The van der Waals surface area contributed by atoms with Gasteiger partial charge in [-0.05, 0) is 42.3 Å². The minimum Gasteiger partial charge on any atom is -0.352 e. The van der Waals surface area contributed by atoms with Crippen LogP contribution in [0.3, 0.4) is 0 Å². The van der Waals surface area contributed by atoms with Gasteiger partial charge < -0.3 is 15.5 Å². The normalized spacial score (nSPS) is 15.4. The third-order valence-corrected chi connectivity index (χ3v) is 4.84. The average molecular weight is 391 g/mol. The fraction of sp³-hybridized carbons (Fsp3) is 0.381. The van der Waals surface area contributed by atoms with Crippen LogP contribution in [-0.4, -0.2) is 50.1 Å². The van der Waals surface area contributed by atoms with Gasteiger partial charge in [0.15, 0.2) is 0 Å². The zero-order valence-electron chi connectivity index (χ0n) is 15.6. The highest BCUT2D eigenvalue weighted by Gasteiger charge is 2.30. The molecule has 0 atom stereocenters. The van der Waals surface area contributed by atoms with Gasteiger partial charge in [0.2, 0.25) is 0 Å². The molecule has 0 radical (unpaired) electrons. The van der Waals surface area contributed by atoms with Crippen molar-refractivity contribution >= 4 is 5.91 Å². The van der Waals surface area contributed by atoms with Crippen LogP contribution >= 0.6 is 0 Å². The molecule has 2 N–H and O–H groups in total. The van der Waals surface area contributed by atoms with Gasteiger partial charge in [0.1, 0.15) is 0 Å². The van der Waals surface area contributed by atoms with E-state index in [1.807, 2.05) is 0 Å². The second kappa shape index (κ2) is 9.21. The van der Waals surface area contributed by atoms with Crippen LogP contribution in [-0.2, 0) is 6.18 Å². The Kier molecular flexibility index (Phi) is 6.70. The van der Waals surface area contributed by atoms with E-state index < -0.39 is 11.7 Å². The summed E-state index contributed by atoms with van der Waals surface area (Å²) in [6, 6.07) is 11.8. The predicted octanol–water partition coefficient (Wildman–Crippen LogP) is 3.40. The Bertz CT molecular complexity index is 784. The largest absolute Gasteiger partial charge is 0.416 e. The summed E-state index contributed by atoms with van der Waals surface area (Å²) in [5, 5.41) is 6.23. The number of carbonyl (C=O) groups is 1. The Labute approximate surface area is 162 Å². The average Bonchev–Trinajstić information content (AvgIpc) is 2.71. The standard InChI is InChI=1S/C21H24F3N3O/c22-21(23,24)17-8-6-16(7-9-17)18-4-1-2-5-19(18)20(28)26-10-3-13-27-14-11-25-12-15-27/h1-2,4-9,25H,3,10-15H2,(H,26,28). The topological polar surface area (TPSA) is 44.4 Å². The molecule has 0 saturated carbocycles. The molecule has 1 aliphatic rings. The van der Waals surface area contributed by atoms with Crippen molar-refractivity contribution < 1.29 is 18.0 Å². The number of hydrogen-bond donors (Lipinski definition) is 2. The number of benzene rings is 2. The summed E-state index contributed by atoms with van der Waals surface area (Å²) < 4.78 is 38.3. The molecule has 2 aromatic rings. The number of halogens is 3. The highest BCUT2D eigenvalue weighted by atomic mass is 19.4. The van der Waals surface area contributed by atoms with E-state index in [0.717, 1.165) is 51.3 Å². The molecule has 1 fully saturated rings. The van der Waals surface area contributed by atoms with E-state index in [4.69, 9.17) is 0 Å². The highest BCUT2D eigenvalue weighted by molar-refractivity contribution is 6.00. The molecule has 3 rings (SSSR count). The molecule has 1 saturated heterocycles. The molecular formula is C21H24F3N3O. The molecule has 28 heavy (non-hydrogen) atoms. The maximum atomic E-state index is 12.8. The number of nitrogens with one attached hydrogen (secondary N) is 2. The third kappa shape index (κ3) is 5.33. The third-order valence-electron chi connectivity index (χ3n) is 4.84. The van der Waals surface area contributed by atoms with Crippen LogP contribution in [0.5, 0.6) is 0 Å². The van der Waals surface area contributed by atoms with Crippen molar-refractivity contribution in [3.63, 3.8) is 0 Å². The number of nitrogens with zero attached hydrogens (tertiary/aromatic N) is 1. The SMILES string of the molecule is O=C(NCCCN1CCNCC1)c1ccccc1-c1ccc(C(F)(F)F)cc1. The van der Waals surface area contributed by atoms with Crippen molar-refractivity contribution in [1.29, 1.82) is 0 Å². The Morgan fingerprint density at radius 1 is 1.04 bits per heavy atom. The highest BCUT2D eigenvalue weighted by Crippen LogP contribution is 2.31. The van der Waals surface area contributed by atoms with Crippen LogP contribution in [0.4, 0.5) is 13.2 Å². The number of rotatable bonds is 6. The van der Waals surface area contributed by atoms with Gasteiger partial charge in [-0.3, -0.25) is 4.79 Å². The van der Waals surface area contributed by atoms with E-state index in [1.165, 1.54) is 12.1 Å². The summed E-state index contributed by atoms with van der Waals surface area (Å²) in [4.78, 5) is 15.0. The van der Waals surface area contributed by atoms with Gasteiger partial charge >= 0.3 is 6.18 Å². The lowest BCUT2D eigenvalue weighted by atomic mass is 9.98. The van der Waals surface area contributed by atoms with Crippen LogP contribution in [0, 0.1) is 0 Å². The molecule has 1 heterocycles. The van der Waals surface area contributed by atoms with E-state index in [2.05, 4.69) is 15.5 Å². The molecule has 0 unspecified atom stereocenters. The number of piperazine rings is 1. The zero-order valence-corrected chi connectivity index (χ0v) is 15.6. The Balaban J connectivity index is 1.62. The first-order valence-corrected chi connectivity index (χ1v) is 9.43. The summed E-state index contributed by atoms with van der Waals surface area (Å²) in [5.41, 5.74) is 0.964. The lowest BCUT2D eigenvalue weighted by Gasteiger charge is -2.27. The molecular weight excluding hydrogens is 367 g/mol. The van der Waals surface area contributed by atoms with Gasteiger partial charge in [-0.2, -0.15) is 13.2 Å². The van der Waals surface area contributed by atoms with Crippen molar-refractivity contribution in [2.45, 2.75) is 12.6 Å². The Hall–Kier alpha value is -2.38. The van der Waals surface area contributed by atoms with Crippen LogP contribution < -0.4 is 10.6 Å². The van der Waals surface area contributed by atoms with Crippen molar-refractivity contribution in [1.82, 2.24) is 15.5 Å². The van der Waals surface area contributed by atoms with Gasteiger partial charge in [-0.15, -0.1) is 0 Å². The van der Waals surface area contributed by atoms with Crippen LogP contribution in [0.25, 0.3) is 11.1 Å². The number of amides is 1. The number of carbonyl (C=O) groups excluding carboxylic acids is 1. The first-order valence-electron chi connectivity index (χ1n) is 9.43. The fourth-order valence-electron chi connectivity index (χ4n) is 3.31. The number of hydrogen-bond acceptors (Lipinski definition) is 3. The van der Waals surface area contributed by atoms with E-state index in [-0.39, 0.29) is 5.91 Å². The molecule has 0 aromatic heterocycles. The van der Waals surface area contributed by atoms with Gasteiger partial charge in [0, 0.05) is 38.3 Å². The monoisotopic (exact) mass is 391 g/mol. The van der Waals surface area contributed by atoms with Crippen LogP contribution in [0.15, 0.2) is 48.5 Å². The Morgan fingerprint density at radius 2 is 1.71 bits per heavy atom. The van der Waals surface area contributed by atoms with Crippen molar-refractivity contribution in [2.75, 3.05) is 39.3 Å². The minimum absolute atomic E-state index is 0.212. The fourth-order valence-corrected chi connectivity index (χ4v) is 3.31. The minimum atomic E-state index is -4.38. The molecule has 1 aliphatic heterocycles. The van der Waals surface area contributed by atoms with Crippen molar-refractivity contribution in [3.05, 3.63) is 59.7 Å². The van der Waals surface area contributed by atoms with Gasteiger partial charge in [-0.25, -0.2) is 0 Å². The number of alkyl halides is 3. The first-order chi connectivity index (χ1) is 13.4. The summed E-state index contributed by atoms with van der Waals surface area (Å²) in [7, 11) is 0. The summed E-state index contributed by atoms with van der Waals surface area (Å²) in [5.74, 6) is -0.212. The first kappa shape index (κ1) is 20.4. The summed E-state index contributed by atoms with van der Waals surface area (Å²) in [6.07, 6.45) is -3.52. The molecule has 7 heteroatoms. The van der Waals surface area contributed by atoms with E-state index in [1.54, 1.807) is 24.3 Å². The predicted molar refractivity (Wildman–Crippen MR) is 103 cm³/mol. The molecule has 2 aromatic carbocycles. The molecule has 0 spiro atoms. The van der Waals surface area contributed by atoms with Crippen molar-refractivity contribution in [3.8, 4) is 11.1 Å². The maximum absolute atomic E-state index is 12.8. The van der Waals surface area contributed by atoms with Gasteiger partial charge in [0.05, 0.1) is 5.56 Å². The summed E-state index contributed by atoms with van der Waals surface area (Å²) in [6.45, 7) is 5.52. The van der Waals surface area contributed by atoms with Gasteiger partial charge in [0.25, 0.3) is 5.91 Å². The quantitative estimate of drug-likeness (QED) is 0.742. The van der Waals surface area contributed by atoms with Gasteiger partial charge in [-0.1, -0.05) is 30.3 Å². The van der Waals surface area contributed by atoms with Crippen molar-refractivity contribution in [2.24, 2.45) is 0 Å². The van der Waals surface area contributed by atoms with E-state index >= 15 is 0 Å². The lowest BCUT2D eigenvalue weighted by Crippen LogP contribution is -2.44. The molecule has 0 aliphatic carbocycles. The summed E-state index contributed by atoms with van der Waals surface area (Å²) >= 11 is 0. The second-order valence-electron chi connectivity index (χ2n) is 6.82. The molecule has 150 valence electrons. The Morgan fingerprint density at radius 3 is 2.39 bits per heavy atom. The zero-order chi connectivity index (χ0) is 20.0. The maximum Gasteiger partial charge on any atom is 0.416 e. The lowest BCUT2D eigenvalue weighted by molar-refractivity contribution is -0.137.